The molecule has 5 rings (SSSR count). The van der Waals surface area contributed by atoms with E-state index in [1.54, 1.807) is 24.3 Å². The molecule has 9 nitrogen and oxygen atoms in total. The lowest BCUT2D eigenvalue weighted by Crippen LogP contribution is -2.34. The molecule has 0 unspecified atom stereocenters. The highest BCUT2D eigenvalue weighted by atomic mass is 35.5. The second kappa shape index (κ2) is 9.13. The lowest BCUT2D eigenvalue weighted by molar-refractivity contribution is -0.191. The molecule has 0 amide bonds. The van der Waals surface area contributed by atoms with Gasteiger partial charge in [0.1, 0.15) is 5.03 Å². The molecular weight excluding hydrogens is 523 g/mol. The molecule has 0 saturated heterocycles. The summed E-state index contributed by atoms with van der Waals surface area (Å²) in [6.07, 6.45) is -2.95. The Morgan fingerprint density at radius 1 is 1.25 bits per heavy atom. The fourth-order valence-electron chi connectivity index (χ4n) is 3.68. The van der Waals surface area contributed by atoms with Gasteiger partial charge in [0, 0.05) is 22.7 Å². The smallest absolute Gasteiger partial charge is 0.347 e. The van der Waals surface area contributed by atoms with Crippen molar-refractivity contribution in [1.82, 2.24) is 25.0 Å². The predicted octanol–water partition coefficient (Wildman–Crippen LogP) is 3.84. The molecule has 0 spiro atoms. The maximum atomic E-state index is 12.8. The van der Waals surface area contributed by atoms with Gasteiger partial charge in [-0.05, 0) is 41.8 Å². The van der Waals surface area contributed by atoms with Crippen LogP contribution in [0.25, 0.3) is 5.70 Å². The quantitative estimate of drug-likeness (QED) is 0.488. The van der Waals surface area contributed by atoms with Crippen molar-refractivity contribution in [2.75, 3.05) is 7.05 Å². The normalized spacial score (nSPS) is 19.5. The average Bonchev–Trinajstić information content (AvgIpc) is 3.43. The second-order valence-corrected chi connectivity index (χ2v) is 9.41. The summed E-state index contributed by atoms with van der Waals surface area (Å²) in [5, 5.41) is 5.08. The molecule has 2 aromatic heterocycles. The zero-order valence-electron chi connectivity index (χ0n) is 18.2. The molecule has 1 fully saturated rings. The summed E-state index contributed by atoms with van der Waals surface area (Å²) in [6.45, 7) is 0. The molecule has 14 heteroatoms. The minimum Gasteiger partial charge on any atom is -0.347 e. The second-order valence-electron chi connectivity index (χ2n) is 7.96. The number of hydrogen-bond donors (Lipinski definition) is 1. The summed E-state index contributed by atoms with van der Waals surface area (Å²) < 4.78 is 47.5. The van der Waals surface area contributed by atoms with Gasteiger partial charge in [-0.2, -0.15) is 18.1 Å². The van der Waals surface area contributed by atoms with Crippen molar-refractivity contribution in [2.24, 2.45) is 0 Å². The van der Waals surface area contributed by atoms with Crippen LogP contribution < -0.4 is 10.7 Å². The number of nitrogens with zero attached hydrogens (tertiary/aromatic N) is 4. The summed E-state index contributed by atoms with van der Waals surface area (Å²) in [4.78, 5) is 34.9. The number of alkyl halides is 3. The van der Waals surface area contributed by atoms with Crippen LogP contribution in [0.4, 0.5) is 13.2 Å². The molecule has 1 N–H and O–H groups in total. The number of hydrogen-bond acceptors (Lipinski definition) is 9. The number of nitrogens with one attached hydrogen (secondary N) is 1. The highest BCUT2D eigenvalue weighted by Crippen LogP contribution is 2.53. The third-order valence-corrected chi connectivity index (χ3v) is 6.86. The van der Waals surface area contributed by atoms with Crippen LogP contribution in [0.1, 0.15) is 35.2 Å². The number of H-pyrrole nitrogens is 1. The minimum atomic E-state index is -5.17. The Hall–Kier alpha value is -3.58. The molecule has 1 saturated carbocycles. The number of esters is 1. The number of amidine groups is 1. The van der Waals surface area contributed by atoms with Gasteiger partial charge in [-0.1, -0.05) is 41.0 Å². The highest BCUT2D eigenvalue weighted by Gasteiger charge is 2.48. The molecule has 1 aliphatic heterocycles. The number of benzene rings is 1. The number of aromatic nitrogens is 3. The molecule has 3 heterocycles. The number of ether oxygens (including phenoxy) is 1. The number of aromatic amines is 1. The van der Waals surface area contributed by atoms with E-state index >= 15 is 0 Å². The van der Waals surface area contributed by atoms with E-state index in [1.807, 2.05) is 12.1 Å². The van der Waals surface area contributed by atoms with Crippen LogP contribution in [0.5, 0.6) is 0 Å². The van der Waals surface area contributed by atoms with E-state index in [2.05, 4.69) is 29.4 Å². The first kappa shape index (κ1) is 24.1. The number of halogens is 4. The lowest BCUT2D eigenvalue weighted by atomic mass is 10.1. The molecule has 0 bridgehead atoms. The number of rotatable bonds is 5. The molecule has 185 valence electrons. The Labute approximate surface area is 210 Å². The summed E-state index contributed by atoms with van der Waals surface area (Å²) in [6, 6.07) is 10.0. The number of thioether (sulfide) groups is 1. The van der Waals surface area contributed by atoms with Crippen molar-refractivity contribution in [3.63, 3.8) is 0 Å². The molecular formula is C22H15ClF3N5O4S+. The van der Waals surface area contributed by atoms with E-state index in [-0.39, 0.29) is 11.8 Å². The Morgan fingerprint density at radius 2 is 2.00 bits per heavy atom. The van der Waals surface area contributed by atoms with Gasteiger partial charge in [-0.25, -0.2) is 14.6 Å². The van der Waals surface area contributed by atoms with Gasteiger partial charge in [0.2, 0.25) is 10.7 Å². The molecule has 2 atom stereocenters. The topological polar surface area (TPSA) is 115 Å². The molecule has 1 aliphatic carbocycles. The van der Waals surface area contributed by atoms with Gasteiger partial charge in [0.25, 0.3) is 0 Å². The third kappa shape index (κ3) is 4.88. The first-order valence-electron chi connectivity index (χ1n) is 10.4. The molecule has 3 aromatic rings. The minimum absolute atomic E-state index is 0.0348. The predicted molar refractivity (Wildman–Crippen MR) is 123 cm³/mol. The van der Waals surface area contributed by atoms with E-state index in [9.17, 15) is 22.8 Å². The van der Waals surface area contributed by atoms with E-state index in [0.717, 1.165) is 23.7 Å². The van der Waals surface area contributed by atoms with Crippen LogP contribution in [0, 0.1) is 0 Å². The van der Waals surface area contributed by atoms with Gasteiger partial charge < -0.3 is 4.74 Å². The maximum absolute atomic E-state index is 12.8. The Balaban J connectivity index is 1.42. The first-order valence-corrected chi connectivity index (χ1v) is 11.6. The van der Waals surface area contributed by atoms with Crippen molar-refractivity contribution >= 4 is 41.1 Å². The van der Waals surface area contributed by atoms with E-state index in [4.69, 9.17) is 11.6 Å². The number of carbonyl (C=O) groups is 1. The van der Waals surface area contributed by atoms with Crippen LogP contribution in [0.2, 0.25) is 5.02 Å². The summed E-state index contributed by atoms with van der Waals surface area (Å²) in [5.74, 6) is -2.32. The van der Waals surface area contributed by atoms with Crippen molar-refractivity contribution in [2.45, 2.75) is 29.5 Å². The Morgan fingerprint density at radius 3 is 2.61 bits per heavy atom. The van der Waals surface area contributed by atoms with Crippen LogP contribution in [-0.2, 0) is 9.53 Å². The monoisotopic (exact) mass is 537 g/mol. The van der Waals surface area contributed by atoms with Crippen LogP contribution in [0.3, 0.4) is 0 Å². The standard InChI is InChI=1S/C22H15ClF3N5O4S/c1-31-18(36-15-7-6-12(23)9-27-15)16(28-20(31)34-19(32)22(24,25)26)11-4-2-10(3-5-11)13-8-14(13)17-29-21(33)35-30-17/h2-7,9,13-14H,8H2,1H3,(H,29,30,33)/q+1/t13-,14+/m1/s1. The SMILES string of the molecule is CN1C(OC(=O)C(F)(F)F)=[N+]C(c2ccc([C@H]3C[C@@H]3c3noc(=O)[nH]3)cc2)=C1Sc1ccc(Cl)cn1. The average molecular weight is 538 g/mol. The Kier molecular flexibility index (Phi) is 6.12. The highest BCUT2D eigenvalue weighted by molar-refractivity contribution is 8.03. The molecule has 1 aromatic carbocycles. The third-order valence-electron chi connectivity index (χ3n) is 5.53. The van der Waals surface area contributed by atoms with Crippen LogP contribution in [-0.4, -0.2) is 45.2 Å². The summed E-state index contributed by atoms with van der Waals surface area (Å²) in [7, 11) is 1.44. The molecule has 36 heavy (non-hydrogen) atoms. The fraction of sp³-hybridized carbons (Fsp3) is 0.227. The first-order chi connectivity index (χ1) is 17.1. The summed E-state index contributed by atoms with van der Waals surface area (Å²) >= 11 is 7.02. The van der Waals surface area contributed by atoms with Crippen LogP contribution in [0.15, 0.2) is 62.0 Å². The van der Waals surface area contributed by atoms with Crippen molar-refractivity contribution < 1.29 is 27.2 Å². The lowest BCUT2D eigenvalue weighted by Gasteiger charge is -2.10. The van der Waals surface area contributed by atoms with Crippen LogP contribution >= 0.6 is 23.4 Å². The van der Waals surface area contributed by atoms with E-state index in [0.29, 0.717) is 32.2 Å². The maximum Gasteiger partial charge on any atom is 0.508 e. The van der Waals surface area contributed by atoms with Gasteiger partial charge in [-0.15, -0.1) is 0 Å². The van der Waals surface area contributed by atoms with Gasteiger partial charge in [-0.3, -0.25) is 9.51 Å². The molecule has 1 radical (unpaired) electrons. The van der Waals surface area contributed by atoms with Crippen molar-refractivity contribution in [3.8, 4) is 0 Å². The van der Waals surface area contributed by atoms with Crippen molar-refractivity contribution in [1.29, 1.82) is 0 Å². The zero-order chi connectivity index (χ0) is 25.6. The van der Waals surface area contributed by atoms with Gasteiger partial charge >= 0.3 is 23.9 Å². The fourth-order valence-corrected chi connectivity index (χ4v) is 4.70. The number of pyridine rings is 1. The zero-order valence-corrected chi connectivity index (χ0v) is 19.8. The number of carbonyl (C=O) groups excluding carboxylic acids is 1. The molecule has 2 aliphatic rings. The van der Waals surface area contributed by atoms with E-state index < -0.39 is 23.9 Å². The van der Waals surface area contributed by atoms with Crippen molar-refractivity contribution in [3.05, 3.63) is 80.1 Å². The largest absolute Gasteiger partial charge is 0.508 e. The van der Waals surface area contributed by atoms with E-state index in [1.165, 1.54) is 18.1 Å². The van der Waals surface area contributed by atoms with Gasteiger partial charge in [0.15, 0.2) is 5.82 Å². The summed E-state index contributed by atoms with van der Waals surface area (Å²) in [5.41, 5.74) is 1.89. The van der Waals surface area contributed by atoms with Gasteiger partial charge in [0.05, 0.1) is 12.1 Å². The number of aliphatic imine (C=N–C) groups is 1. The Bertz CT molecular complexity index is 1430.